The van der Waals surface area contributed by atoms with Gasteiger partial charge < -0.3 is 5.11 Å². The van der Waals surface area contributed by atoms with Crippen molar-refractivity contribution in [1.82, 2.24) is 10.3 Å². The van der Waals surface area contributed by atoms with E-state index in [1.54, 1.807) is 24.5 Å². The molecule has 0 saturated carbocycles. The highest BCUT2D eigenvalue weighted by molar-refractivity contribution is 5.75. The lowest BCUT2D eigenvalue weighted by atomic mass is 10.1. The number of benzene rings is 1. The SMILES string of the molecule is Cc1cncc(CNC(C(=O)O)c2ccccc2)c1. The zero-order chi connectivity index (χ0) is 13.7. The molecule has 1 aromatic carbocycles. The van der Waals surface area contributed by atoms with Crippen molar-refractivity contribution in [1.29, 1.82) is 0 Å². The van der Waals surface area contributed by atoms with Gasteiger partial charge in [-0.2, -0.15) is 0 Å². The first-order chi connectivity index (χ1) is 9.16. The summed E-state index contributed by atoms with van der Waals surface area (Å²) in [5, 5.41) is 12.3. The first kappa shape index (κ1) is 13.2. The van der Waals surface area contributed by atoms with Gasteiger partial charge in [-0.25, -0.2) is 0 Å². The van der Waals surface area contributed by atoms with Gasteiger partial charge in [0.05, 0.1) is 0 Å². The minimum atomic E-state index is -0.883. The Balaban J connectivity index is 2.08. The highest BCUT2D eigenvalue weighted by Gasteiger charge is 2.18. The van der Waals surface area contributed by atoms with Crippen LogP contribution in [-0.4, -0.2) is 16.1 Å². The fourth-order valence-corrected chi connectivity index (χ4v) is 1.93. The van der Waals surface area contributed by atoms with Crippen LogP contribution < -0.4 is 5.32 Å². The van der Waals surface area contributed by atoms with Crippen LogP contribution in [0.25, 0.3) is 0 Å². The van der Waals surface area contributed by atoms with Gasteiger partial charge in [-0.05, 0) is 23.6 Å². The molecule has 0 saturated heterocycles. The van der Waals surface area contributed by atoms with E-state index < -0.39 is 12.0 Å². The first-order valence-electron chi connectivity index (χ1n) is 6.08. The van der Waals surface area contributed by atoms with E-state index in [0.717, 1.165) is 16.7 Å². The zero-order valence-corrected chi connectivity index (χ0v) is 10.7. The number of hydrogen-bond acceptors (Lipinski definition) is 3. The monoisotopic (exact) mass is 256 g/mol. The lowest BCUT2D eigenvalue weighted by Gasteiger charge is -2.14. The minimum Gasteiger partial charge on any atom is -0.480 e. The van der Waals surface area contributed by atoms with Crippen molar-refractivity contribution in [2.75, 3.05) is 0 Å². The molecule has 0 amide bonds. The zero-order valence-electron chi connectivity index (χ0n) is 10.7. The second-order valence-corrected chi connectivity index (χ2v) is 4.43. The molecule has 0 fully saturated rings. The summed E-state index contributed by atoms with van der Waals surface area (Å²) >= 11 is 0. The van der Waals surface area contributed by atoms with E-state index in [0.29, 0.717) is 6.54 Å². The number of aromatic nitrogens is 1. The lowest BCUT2D eigenvalue weighted by molar-refractivity contribution is -0.139. The van der Waals surface area contributed by atoms with E-state index in [2.05, 4.69) is 10.3 Å². The summed E-state index contributed by atoms with van der Waals surface area (Å²) in [6.45, 7) is 2.43. The summed E-state index contributed by atoms with van der Waals surface area (Å²) in [5.41, 5.74) is 2.78. The van der Waals surface area contributed by atoms with Gasteiger partial charge in [-0.3, -0.25) is 15.1 Å². The number of nitrogens with one attached hydrogen (secondary N) is 1. The molecule has 0 bridgehead atoms. The smallest absolute Gasteiger partial charge is 0.325 e. The maximum absolute atomic E-state index is 11.3. The highest BCUT2D eigenvalue weighted by atomic mass is 16.4. The quantitative estimate of drug-likeness (QED) is 0.861. The van der Waals surface area contributed by atoms with Crippen molar-refractivity contribution >= 4 is 5.97 Å². The molecule has 0 aliphatic carbocycles. The molecule has 1 unspecified atom stereocenters. The van der Waals surface area contributed by atoms with E-state index in [4.69, 9.17) is 0 Å². The Morgan fingerprint density at radius 1 is 1.32 bits per heavy atom. The van der Waals surface area contributed by atoms with E-state index in [-0.39, 0.29) is 0 Å². The topological polar surface area (TPSA) is 62.2 Å². The third-order valence-electron chi connectivity index (χ3n) is 2.82. The van der Waals surface area contributed by atoms with Crippen LogP contribution >= 0.6 is 0 Å². The maximum atomic E-state index is 11.3. The maximum Gasteiger partial charge on any atom is 0.325 e. The second kappa shape index (κ2) is 6.11. The Kier molecular flexibility index (Phi) is 4.26. The Bertz CT molecular complexity index is 555. The molecule has 4 nitrogen and oxygen atoms in total. The van der Waals surface area contributed by atoms with Gasteiger partial charge in [0.25, 0.3) is 0 Å². The van der Waals surface area contributed by atoms with Crippen LogP contribution in [0.5, 0.6) is 0 Å². The van der Waals surface area contributed by atoms with E-state index in [9.17, 15) is 9.90 Å². The van der Waals surface area contributed by atoms with Crippen LogP contribution in [0.3, 0.4) is 0 Å². The number of rotatable bonds is 5. The summed E-state index contributed by atoms with van der Waals surface area (Å²) in [5.74, 6) is -0.883. The molecule has 4 heteroatoms. The summed E-state index contributed by atoms with van der Waals surface area (Å²) in [4.78, 5) is 15.4. The highest BCUT2D eigenvalue weighted by Crippen LogP contribution is 2.13. The lowest BCUT2D eigenvalue weighted by Crippen LogP contribution is -2.28. The Morgan fingerprint density at radius 3 is 2.68 bits per heavy atom. The number of carbonyl (C=O) groups is 1. The van der Waals surface area contributed by atoms with Crippen molar-refractivity contribution in [3.05, 3.63) is 65.5 Å². The molecule has 0 radical (unpaired) electrons. The number of aliphatic carboxylic acids is 1. The fourth-order valence-electron chi connectivity index (χ4n) is 1.93. The summed E-state index contributed by atoms with van der Waals surface area (Å²) in [6, 6.07) is 10.4. The number of hydrogen-bond donors (Lipinski definition) is 2. The van der Waals surface area contributed by atoms with Gasteiger partial charge in [0.2, 0.25) is 0 Å². The molecule has 1 atom stereocenters. The minimum absolute atomic E-state index is 0.473. The molecule has 0 aliphatic rings. The van der Waals surface area contributed by atoms with Gasteiger partial charge in [-0.15, -0.1) is 0 Å². The molecular formula is C15H16N2O2. The number of pyridine rings is 1. The van der Waals surface area contributed by atoms with Crippen LogP contribution in [0.2, 0.25) is 0 Å². The molecule has 0 spiro atoms. The molecule has 1 aromatic heterocycles. The van der Waals surface area contributed by atoms with Gasteiger partial charge >= 0.3 is 5.97 Å². The van der Waals surface area contributed by atoms with Gasteiger partial charge in [-0.1, -0.05) is 36.4 Å². The van der Waals surface area contributed by atoms with Crippen LogP contribution in [0.15, 0.2) is 48.8 Å². The van der Waals surface area contributed by atoms with Crippen molar-refractivity contribution in [3.8, 4) is 0 Å². The average molecular weight is 256 g/mol. The average Bonchev–Trinajstić information content (AvgIpc) is 2.40. The van der Waals surface area contributed by atoms with E-state index in [1.807, 2.05) is 31.2 Å². The largest absolute Gasteiger partial charge is 0.480 e. The summed E-state index contributed by atoms with van der Waals surface area (Å²) in [7, 11) is 0. The van der Waals surface area contributed by atoms with Crippen LogP contribution in [0.4, 0.5) is 0 Å². The van der Waals surface area contributed by atoms with Crippen molar-refractivity contribution in [3.63, 3.8) is 0 Å². The molecular weight excluding hydrogens is 240 g/mol. The van der Waals surface area contributed by atoms with Crippen molar-refractivity contribution in [2.45, 2.75) is 19.5 Å². The third-order valence-corrected chi connectivity index (χ3v) is 2.82. The van der Waals surface area contributed by atoms with E-state index in [1.165, 1.54) is 0 Å². The van der Waals surface area contributed by atoms with Crippen molar-refractivity contribution < 1.29 is 9.90 Å². The fraction of sp³-hybridized carbons (Fsp3) is 0.200. The number of aryl methyl sites for hydroxylation is 1. The molecule has 98 valence electrons. The molecule has 19 heavy (non-hydrogen) atoms. The Labute approximate surface area is 112 Å². The normalized spacial score (nSPS) is 12.1. The second-order valence-electron chi connectivity index (χ2n) is 4.43. The molecule has 1 heterocycles. The molecule has 2 N–H and O–H groups in total. The Morgan fingerprint density at radius 2 is 2.05 bits per heavy atom. The van der Waals surface area contributed by atoms with Gasteiger partial charge in [0, 0.05) is 18.9 Å². The molecule has 2 rings (SSSR count). The summed E-state index contributed by atoms with van der Waals surface area (Å²) < 4.78 is 0. The van der Waals surface area contributed by atoms with E-state index >= 15 is 0 Å². The van der Waals surface area contributed by atoms with Crippen LogP contribution in [0.1, 0.15) is 22.7 Å². The van der Waals surface area contributed by atoms with Crippen LogP contribution in [-0.2, 0) is 11.3 Å². The predicted octanol–water partition coefficient (Wildman–Crippen LogP) is 2.31. The third kappa shape index (κ3) is 3.63. The Hall–Kier alpha value is -2.20. The van der Waals surface area contributed by atoms with Gasteiger partial charge in [0.1, 0.15) is 6.04 Å². The molecule has 0 aliphatic heterocycles. The molecule has 2 aromatic rings. The van der Waals surface area contributed by atoms with Crippen molar-refractivity contribution in [2.24, 2.45) is 0 Å². The number of nitrogens with zero attached hydrogens (tertiary/aromatic N) is 1. The van der Waals surface area contributed by atoms with Crippen LogP contribution in [0, 0.1) is 6.92 Å². The summed E-state index contributed by atoms with van der Waals surface area (Å²) in [6.07, 6.45) is 3.51. The predicted molar refractivity (Wildman–Crippen MR) is 72.6 cm³/mol. The first-order valence-corrected chi connectivity index (χ1v) is 6.08. The van der Waals surface area contributed by atoms with Gasteiger partial charge in [0.15, 0.2) is 0 Å². The number of carboxylic acid groups (broad SMARTS) is 1. The number of carboxylic acids is 1. The standard InChI is InChI=1S/C15H16N2O2/c1-11-7-12(9-16-8-11)10-17-14(15(18)19)13-5-3-2-4-6-13/h2-9,14,17H,10H2,1H3,(H,18,19).